The molecule has 4 nitrogen and oxygen atoms in total. The lowest BCUT2D eigenvalue weighted by atomic mass is 10.2. The van der Waals surface area contributed by atoms with Gasteiger partial charge >= 0.3 is 0 Å². The number of nitrogens with zero attached hydrogens (tertiary/aromatic N) is 3. The van der Waals surface area contributed by atoms with Crippen LogP contribution in [0.5, 0.6) is 0 Å². The second-order valence-corrected chi connectivity index (χ2v) is 5.22. The molecule has 1 aromatic heterocycles. The van der Waals surface area contributed by atoms with Crippen LogP contribution in [-0.4, -0.2) is 21.3 Å². The van der Waals surface area contributed by atoms with Crippen molar-refractivity contribution in [2.45, 2.75) is 24.3 Å². The summed E-state index contributed by atoms with van der Waals surface area (Å²) in [6, 6.07) is 8.53. The number of rotatable bonds is 5. The van der Waals surface area contributed by atoms with Gasteiger partial charge in [0, 0.05) is 19.2 Å². The van der Waals surface area contributed by atoms with E-state index >= 15 is 0 Å². The molecule has 0 spiro atoms. The van der Waals surface area contributed by atoms with Gasteiger partial charge in [0.05, 0.1) is 0 Å². The van der Waals surface area contributed by atoms with Crippen LogP contribution in [0.15, 0.2) is 29.4 Å². The lowest BCUT2D eigenvalue weighted by molar-refractivity contribution is 0.727. The molecule has 2 N–H and O–H groups in total. The third kappa shape index (κ3) is 3.11. The normalized spacial score (nSPS) is 10.8. The number of hydrogen-bond donors (Lipinski definition) is 1. The van der Waals surface area contributed by atoms with Crippen molar-refractivity contribution in [1.82, 2.24) is 14.8 Å². The molecule has 0 aliphatic carbocycles. The van der Waals surface area contributed by atoms with E-state index in [2.05, 4.69) is 41.4 Å². The molecular formula is C13H18N4S. The molecule has 0 fully saturated rings. The minimum atomic E-state index is 0.606. The fraction of sp³-hybridized carbons (Fsp3) is 0.385. The maximum atomic E-state index is 5.53. The summed E-state index contributed by atoms with van der Waals surface area (Å²) in [5, 5.41) is 9.28. The summed E-state index contributed by atoms with van der Waals surface area (Å²) in [6.07, 6.45) is 0.772. The number of thioether (sulfide) groups is 1. The Balaban J connectivity index is 2.02. The van der Waals surface area contributed by atoms with E-state index in [1.54, 1.807) is 11.8 Å². The third-order valence-electron chi connectivity index (χ3n) is 2.74. The van der Waals surface area contributed by atoms with Crippen molar-refractivity contribution in [3.05, 3.63) is 41.2 Å². The van der Waals surface area contributed by atoms with Crippen LogP contribution in [0.3, 0.4) is 0 Å². The highest BCUT2D eigenvalue weighted by atomic mass is 32.2. The predicted octanol–water partition coefficient (Wildman–Crippen LogP) is 1.92. The van der Waals surface area contributed by atoms with Crippen LogP contribution in [0.1, 0.15) is 17.0 Å². The van der Waals surface area contributed by atoms with Crippen molar-refractivity contribution >= 4 is 11.8 Å². The van der Waals surface area contributed by atoms with Gasteiger partial charge in [0.1, 0.15) is 5.82 Å². The maximum absolute atomic E-state index is 5.53. The molecule has 1 aromatic carbocycles. The van der Waals surface area contributed by atoms with Crippen LogP contribution in [0.4, 0.5) is 0 Å². The molecule has 0 saturated carbocycles. The summed E-state index contributed by atoms with van der Waals surface area (Å²) in [4.78, 5) is 0. The van der Waals surface area contributed by atoms with Crippen molar-refractivity contribution in [2.24, 2.45) is 12.8 Å². The largest absolute Gasteiger partial charge is 0.330 e. The molecule has 0 atom stereocenters. The van der Waals surface area contributed by atoms with Crippen molar-refractivity contribution < 1.29 is 0 Å². The Morgan fingerprint density at radius 1 is 1.33 bits per heavy atom. The molecule has 0 saturated heterocycles. The van der Waals surface area contributed by atoms with E-state index < -0.39 is 0 Å². The summed E-state index contributed by atoms with van der Waals surface area (Å²) in [5.41, 5.74) is 8.13. The second-order valence-electron chi connectivity index (χ2n) is 4.27. The third-order valence-corrected chi connectivity index (χ3v) is 3.83. The highest BCUT2D eigenvalue weighted by Gasteiger charge is 2.08. The minimum absolute atomic E-state index is 0.606. The molecule has 0 radical (unpaired) electrons. The van der Waals surface area contributed by atoms with Gasteiger partial charge in [0.15, 0.2) is 5.16 Å². The molecule has 0 unspecified atom stereocenters. The van der Waals surface area contributed by atoms with Gasteiger partial charge < -0.3 is 10.3 Å². The van der Waals surface area contributed by atoms with E-state index in [0.717, 1.165) is 23.2 Å². The van der Waals surface area contributed by atoms with E-state index in [-0.39, 0.29) is 0 Å². The monoisotopic (exact) mass is 262 g/mol. The zero-order chi connectivity index (χ0) is 13.0. The smallest absolute Gasteiger partial charge is 0.191 e. The Hall–Kier alpha value is -1.33. The van der Waals surface area contributed by atoms with E-state index in [0.29, 0.717) is 6.54 Å². The fourth-order valence-corrected chi connectivity index (χ4v) is 2.64. The van der Waals surface area contributed by atoms with E-state index in [1.165, 1.54) is 11.1 Å². The lowest BCUT2D eigenvalue weighted by Gasteiger charge is -2.04. The topological polar surface area (TPSA) is 56.7 Å². The number of aryl methyl sites for hydroxylation is 1. The average molecular weight is 262 g/mol. The minimum Gasteiger partial charge on any atom is -0.330 e. The number of aromatic nitrogens is 3. The quantitative estimate of drug-likeness (QED) is 0.836. The van der Waals surface area contributed by atoms with Crippen LogP contribution >= 0.6 is 11.8 Å². The van der Waals surface area contributed by atoms with Gasteiger partial charge in [0.25, 0.3) is 0 Å². The first-order chi connectivity index (χ1) is 8.70. The molecule has 5 heteroatoms. The molecule has 0 bridgehead atoms. The zero-order valence-corrected chi connectivity index (χ0v) is 11.6. The molecule has 2 rings (SSSR count). The molecule has 2 aromatic rings. The summed E-state index contributed by atoms with van der Waals surface area (Å²) < 4.78 is 2.02. The Morgan fingerprint density at radius 2 is 2.17 bits per heavy atom. The van der Waals surface area contributed by atoms with Gasteiger partial charge in [-0.2, -0.15) is 0 Å². The molecule has 0 aliphatic heterocycles. The highest BCUT2D eigenvalue weighted by Crippen LogP contribution is 2.21. The van der Waals surface area contributed by atoms with Gasteiger partial charge in [-0.3, -0.25) is 0 Å². The first-order valence-electron chi connectivity index (χ1n) is 5.97. The molecule has 0 amide bonds. The first-order valence-corrected chi connectivity index (χ1v) is 6.96. The Labute approximate surface area is 112 Å². The lowest BCUT2D eigenvalue weighted by Crippen LogP contribution is -2.08. The predicted molar refractivity (Wildman–Crippen MR) is 74.5 cm³/mol. The maximum Gasteiger partial charge on any atom is 0.191 e. The van der Waals surface area contributed by atoms with Crippen LogP contribution in [0.2, 0.25) is 0 Å². The van der Waals surface area contributed by atoms with Gasteiger partial charge in [-0.15, -0.1) is 10.2 Å². The molecule has 1 heterocycles. The summed E-state index contributed by atoms with van der Waals surface area (Å²) >= 11 is 1.70. The van der Waals surface area contributed by atoms with Crippen molar-refractivity contribution in [1.29, 1.82) is 0 Å². The van der Waals surface area contributed by atoms with Gasteiger partial charge in [-0.1, -0.05) is 41.6 Å². The summed E-state index contributed by atoms with van der Waals surface area (Å²) in [6.45, 7) is 2.71. The Kier molecular flexibility index (Phi) is 4.38. The molecular weight excluding hydrogens is 244 g/mol. The average Bonchev–Trinajstić information content (AvgIpc) is 2.69. The van der Waals surface area contributed by atoms with E-state index in [4.69, 9.17) is 5.73 Å². The first kappa shape index (κ1) is 13.1. The van der Waals surface area contributed by atoms with Crippen molar-refractivity contribution in [3.8, 4) is 0 Å². The van der Waals surface area contributed by atoms with Crippen molar-refractivity contribution in [2.75, 3.05) is 6.54 Å². The molecule has 96 valence electrons. The van der Waals surface area contributed by atoms with E-state index in [9.17, 15) is 0 Å². The second kappa shape index (κ2) is 6.02. The number of hydrogen-bond acceptors (Lipinski definition) is 4. The van der Waals surface area contributed by atoms with E-state index in [1.807, 2.05) is 11.6 Å². The molecule has 18 heavy (non-hydrogen) atoms. The molecule has 0 aliphatic rings. The fourth-order valence-electron chi connectivity index (χ4n) is 1.77. The number of benzene rings is 1. The van der Waals surface area contributed by atoms with Crippen LogP contribution < -0.4 is 5.73 Å². The van der Waals surface area contributed by atoms with Crippen LogP contribution in [0, 0.1) is 6.92 Å². The summed E-state index contributed by atoms with van der Waals surface area (Å²) in [7, 11) is 1.99. The Morgan fingerprint density at radius 3 is 2.89 bits per heavy atom. The zero-order valence-electron chi connectivity index (χ0n) is 10.8. The SMILES string of the molecule is Cc1cccc(CSc2nnc(CCN)n2C)c1. The Bertz CT molecular complexity index is 521. The van der Waals surface area contributed by atoms with Crippen LogP contribution in [-0.2, 0) is 19.2 Å². The highest BCUT2D eigenvalue weighted by molar-refractivity contribution is 7.98. The van der Waals surface area contributed by atoms with Crippen LogP contribution in [0.25, 0.3) is 0 Å². The number of nitrogens with two attached hydrogens (primary N) is 1. The summed E-state index contributed by atoms with van der Waals surface area (Å²) in [5.74, 6) is 1.86. The van der Waals surface area contributed by atoms with Gasteiger partial charge in [0.2, 0.25) is 0 Å². The van der Waals surface area contributed by atoms with Gasteiger partial charge in [-0.25, -0.2) is 0 Å². The van der Waals surface area contributed by atoms with Gasteiger partial charge in [-0.05, 0) is 19.0 Å². The van der Waals surface area contributed by atoms with Crippen molar-refractivity contribution in [3.63, 3.8) is 0 Å². The standard InChI is InChI=1S/C13H18N4S/c1-10-4-3-5-11(8-10)9-18-13-16-15-12(6-7-14)17(13)2/h3-5,8H,6-7,9,14H2,1-2H3.